The third-order valence-corrected chi connectivity index (χ3v) is 7.52. The highest BCUT2D eigenvalue weighted by Crippen LogP contribution is 2.30. The highest BCUT2D eigenvalue weighted by atomic mass is 32.2. The van der Waals surface area contributed by atoms with Gasteiger partial charge in [0.05, 0.1) is 23.4 Å². The Morgan fingerprint density at radius 2 is 2.03 bits per heavy atom. The number of benzene rings is 1. The van der Waals surface area contributed by atoms with Crippen LogP contribution in [0.4, 0.5) is 5.69 Å². The van der Waals surface area contributed by atoms with Gasteiger partial charge in [0, 0.05) is 24.3 Å². The van der Waals surface area contributed by atoms with Crippen LogP contribution in [-0.4, -0.2) is 42.3 Å². The van der Waals surface area contributed by atoms with Crippen molar-refractivity contribution in [3.8, 4) is 0 Å². The number of sulfonamides is 1. The summed E-state index contributed by atoms with van der Waals surface area (Å²) in [5.41, 5.74) is 4.42. The summed E-state index contributed by atoms with van der Waals surface area (Å²) in [6.07, 6.45) is 4.97. The second-order valence-electron chi connectivity index (χ2n) is 7.56. The van der Waals surface area contributed by atoms with Crippen LogP contribution in [0.1, 0.15) is 53.5 Å². The highest BCUT2D eigenvalue weighted by Gasteiger charge is 2.25. The minimum atomic E-state index is -3.30. The van der Waals surface area contributed by atoms with Crippen LogP contribution in [0.15, 0.2) is 23.4 Å². The molecule has 0 bridgehead atoms. The zero-order valence-electron chi connectivity index (χ0n) is 17.6. The number of hydrogen-bond donors (Lipinski definition) is 0. The summed E-state index contributed by atoms with van der Waals surface area (Å²) in [7, 11) is -3.30. The molecule has 1 aliphatic rings. The van der Waals surface area contributed by atoms with E-state index in [4.69, 9.17) is 0 Å². The Morgan fingerprint density at radius 3 is 2.72 bits per heavy atom. The van der Waals surface area contributed by atoms with Gasteiger partial charge >= 0.3 is 0 Å². The predicted molar refractivity (Wildman–Crippen MR) is 119 cm³/mol. The van der Waals surface area contributed by atoms with Crippen molar-refractivity contribution in [2.45, 2.75) is 58.2 Å². The number of rotatable bonds is 8. The molecule has 0 amide bonds. The fourth-order valence-corrected chi connectivity index (χ4v) is 5.62. The molecule has 1 aliphatic heterocycles. The number of ketones is 1. The first-order chi connectivity index (χ1) is 13.7. The Hall–Kier alpha value is -1.80. The van der Waals surface area contributed by atoms with E-state index in [0.29, 0.717) is 23.5 Å². The van der Waals surface area contributed by atoms with E-state index in [1.165, 1.54) is 22.3 Å². The number of carbonyl (C=O) groups is 1. The van der Waals surface area contributed by atoms with Crippen LogP contribution in [0.3, 0.4) is 0 Å². The van der Waals surface area contributed by atoms with E-state index in [0.717, 1.165) is 54.3 Å². The minimum absolute atomic E-state index is 0.0367. The van der Waals surface area contributed by atoms with Crippen molar-refractivity contribution in [3.63, 3.8) is 0 Å². The van der Waals surface area contributed by atoms with Crippen molar-refractivity contribution in [2.24, 2.45) is 0 Å². The first kappa shape index (κ1) is 21.9. The average molecular weight is 436 g/mol. The monoisotopic (exact) mass is 435 g/mol. The first-order valence-corrected chi connectivity index (χ1v) is 12.9. The van der Waals surface area contributed by atoms with Gasteiger partial charge in [-0.15, -0.1) is 0 Å². The molecule has 1 aromatic heterocycles. The van der Waals surface area contributed by atoms with E-state index >= 15 is 0 Å². The van der Waals surface area contributed by atoms with Gasteiger partial charge in [0.2, 0.25) is 10.0 Å². The normalized spacial score (nSPS) is 14.1. The van der Waals surface area contributed by atoms with E-state index in [2.05, 4.69) is 23.4 Å². The SMILES string of the molecule is CCCCn1c(SCC(=O)c2ccc3c(c2)CCCN3S(C)(=O)=O)nc(C)c1C. The maximum absolute atomic E-state index is 12.8. The van der Waals surface area contributed by atoms with Gasteiger partial charge in [-0.05, 0) is 56.9 Å². The smallest absolute Gasteiger partial charge is 0.232 e. The summed E-state index contributed by atoms with van der Waals surface area (Å²) < 4.78 is 27.7. The Labute approximate surface area is 177 Å². The summed E-state index contributed by atoms with van der Waals surface area (Å²) in [5.74, 6) is 0.353. The van der Waals surface area contributed by atoms with Crippen molar-refractivity contribution < 1.29 is 13.2 Å². The molecule has 0 atom stereocenters. The molecule has 0 unspecified atom stereocenters. The fourth-order valence-electron chi connectivity index (χ4n) is 3.61. The Balaban J connectivity index is 1.75. The van der Waals surface area contributed by atoms with Crippen LogP contribution in [0.25, 0.3) is 0 Å². The maximum Gasteiger partial charge on any atom is 0.232 e. The van der Waals surface area contributed by atoms with Gasteiger partial charge in [-0.25, -0.2) is 13.4 Å². The van der Waals surface area contributed by atoms with E-state index in [1.807, 2.05) is 13.0 Å². The number of nitrogens with zero attached hydrogens (tertiary/aromatic N) is 3. The van der Waals surface area contributed by atoms with Crippen molar-refractivity contribution in [1.82, 2.24) is 9.55 Å². The van der Waals surface area contributed by atoms with Gasteiger partial charge < -0.3 is 4.57 Å². The van der Waals surface area contributed by atoms with Crippen molar-refractivity contribution in [2.75, 3.05) is 22.9 Å². The summed E-state index contributed by atoms with van der Waals surface area (Å²) in [5, 5.41) is 0.892. The van der Waals surface area contributed by atoms with Gasteiger partial charge in [0.25, 0.3) is 0 Å². The summed E-state index contributed by atoms with van der Waals surface area (Å²) in [6.45, 7) is 7.64. The van der Waals surface area contributed by atoms with E-state index in [9.17, 15) is 13.2 Å². The molecule has 2 heterocycles. The van der Waals surface area contributed by atoms with Crippen LogP contribution >= 0.6 is 11.8 Å². The lowest BCUT2D eigenvalue weighted by molar-refractivity contribution is 0.102. The zero-order valence-corrected chi connectivity index (χ0v) is 19.2. The van der Waals surface area contributed by atoms with Crippen LogP contribution in [0.5, 0.6) is 0 Å². The van der Waals surface area contributed by atoms with Crippen LogP contribution in [0, 0.1) is 13.8 Å². The lowest BCUT2D eigenvalue weighted by Crippen LogP contribution is -2.34. The third kappa shape index (κ3) is 4.86. The highest BCUT2D eigenvalue weighted by molar-refractivity contribution is 7.99. The number of anilines is 1. The largest absolute Gasteiger partial charge is 0.323 e. The lowest BCUT2D eigenvalue weighted by Gasteiger charge is -2.29. The Kier molecular flexibility index (Phi) is 6.73. The molecule has 0 N–H and O–H groups in total. The number of thioether (sulfide) groups is 1. The molecule has 8 heteroatoms. The van der Waals surface area contributed by atoms with Crippen molar-refractivity contribution in [1.29, 1.82) is 0 Å². The second kappa shape index (κ2) is 8.92. The minimum Gasteiger partial charge on any atom is -0.323 e. The number of carbonyl (C=O) groups excluding carboxylic acids is 1. The van der Waals surface area contributed by atoms with Gasteiger partial charge in [0.1, 0.15) is 0 Å². The number of imidazole rings is 1. The molecule has 0 radical (unpaired) electrons. The quantitative estimate of drug-likeness (QED) is 0.463. The molecule has 0 spiro atoms. The van der Waals surface area contributed by atoms with Crippen molar-refractivity contribution in [3.05, 3.63) is 40.7 Å². The van der Waals surface area contributed by atoms with Crippen LogP contribution in [-0.2, 0) is 23.0 Å². The standard InChI is InChI=1S/C21H29N3O3S2/c1-5-6-11-23-16(3)15(2)22-21(23)28-14-20(25)18-9-10-19-17(13-18)8-7-12-24(19)29(4,26)27/h9-10,13H,5-8,11-12,14H2,1-4H3. The van der Waals surface area contributed by atoms with Crippen LogP contribution in [0.2, 0.25) is 0 Å². The molecular formula is C21H29N3O3S2. The maximum atomic E-state index is 12.8. The van der Waals surface area contributed by atoms with E-state index in [-0.39, 0.29) is 5.78 Å². The topological polar surface area (TPSA) is 72.3 Å². The predicted octanol–water partition coefficient (Wildman–Crippen LogP) is 3.99. The number of fused-ring (bicyclic) bond motifs is 1. The molecule has 158 valence electrons. The molecule has 0 saturated carbocycles. The molecule has 0 aliphatic carbocycles. The molecular weight excluding hydrogens is 406 g/mol. The van der Waals surface area contributed by atoms with Gasteiger partial charge in [0.15, 0.2) is 10.9 Å². The molecule has 3 rings (SSSR count). The molecule has 0 saturated heterocycles. The molecule has 0 fully saturated rings. The summed E-state index contributed by atoms with van der Waals surface area (Å²) in [4.78, 5) is 17.4. The van der Waals surface area contributed by atoms with Gasteiger partial charge in [-0.2, -0.15) is 0 Å². The summed E-state index contributed by atoms with van der Waals surface area (Å²) in [6, 6.07) is 5.37. The average Bonchev–Trinajstić information content (AvgIpc) is 2.96. The molecule has 2 aromatic rings. The van der Waals surface area contributed by atoms with Crippen molar-refractivity contribution >= 4 is 33.3 Å². The molecule has 6 nitrogen and oxygen atoms in total. The van der Waals surface area contributed by atoms with Gasteiger partial charge in [-0.3, -0.25) is 9.10 Å². The van der Waals surface area contributed by atoms with E-state index < -0.39 is 10.0 Å². The van der Waals surface area contributed by atoms with Gasteiger partial charge in [-0.1, -0.05) is 25.1 Å². The summed E-state index contributed by atoms with van der Waals surface area (Å²) >= 11 is 1.47. The Morgan fingerprint density at radius 1 is 1.28 bits per heavy atom. The molecule has 1 aromatic carbocycles. The lowest BCUT2D eigenvalue weighted by atomic mass is 9.99. The second-order valence-corrected chi connectivity index (χ2v) is 10.4. The Bertz CT molecular complexity index is 1010. The van der Waals surface area contributed by atoms with E-state index in [1.54, 1.807) is 12.1 Å². The number of aromatic nitrogens is 2. The number of unbranched alkanes of at least 4 members (excludes halogenated alkanes) is 1. The third-order valence-electron chi connectivity index (χ3n) is 5.37. The fraction of sp³-hybridized carbons (Fsp3) is 0.524. The number of hydrogen-bond acceptors (Lipinski definition) is 5. The van der Waals surface area contributed by atoms with Crippen LogP contribution < -0.4 is 4.31 Å². The number of aryl methyl sites for hydroxylation is 2. The number of Topliss-reactive ketones (excluding diaryl/α,β-unsaturated/α-hetero) is 1. The zero-order chi connectivity index (χ0) is 21.2. The molecule has 29 heavy (non-hydrogen) atoms. The first-order valence-electron chi connectivity index (χ1n) is 10.0.